The molecular weight excluding hydrogens is 496 g/mol. The van der Waals surface area contributed by atoms with Gasteiger partial charge in [-0.25, -0.2) is 8.42 Å². The van der Waals surface area contributed by atoms with Crippen LogP contribution in [-0.4, -0.2) is 74.1 Å². The molecular formula is C26H34N4O4S2. The molecule has 1 aromatic heterocycles. The first kappa shape index (κ1) is 25.4. The van der Waals surface area contributed by atoms with E-state index in [-0.39, 0.29) is 16.7 Å². The number of fused-ring (bicyclic) bond motifs is 1. The van der Waals surface area contributed by atoms with Crippen molar-refractivity contribution in [2.45, 2.75) is 50.5 Å². The standard InChI is InChI=1S/C26H34N4O4S2/c1-18-9-15-30(16-10-18)36(33,34)20-7-5-19(6-8-20)24(31)27-25-23(26(32)29-12-3-4-13-29)21-11-14-28(2)17-22(21)35-25/h5-8,18H,3-4,9-17H2,1-2H3,(H,27,31). The molecule has 2 fully saturated rings. The quantitative estimate of drug-likeness (QED) is 0.638. The number of carbonyl (C=O) groups is 2. The van der Waals surface area contributed by atoms with Crippen LogP contribution in [0.3, 0.4) is 0 Å². The molecule has 2 saturated heterocycles. The Morgan fingerprint density at radius 1 is 1.00 bits per heavy atom. The van der Waals surface area contributed by atoms with Crippen molar-refractivity contribution in [1.29, 1.82) is 0 Å². The lowest BCUT2D eigenvalue weighted by molar-refractivity contribution is 0.0792. The number of sulfonamides is 1. The fourth-order valence-corrected chi connectivity index (χ4v) is 8.04. The zero-order chi connectivity index (χ0) is 25.4. The summed E-state index contributed by atoms with van der Waals surface area (Å²) in [4.78, 5) is 32.0. The SMILES string of the molecule is CC1CCN(S(=O)(=O)c2ccc(C(=O)Nc3sc4c(c3C(=O)N3CCCC3)CCN(C)C4)cc2)CC1. The minimum absolute atomic E-state index is 0.00199. The van der Waals surface area contributed by atoms with Gasteiger partial charge in [0, 0.05) is 49.7 Å². The van der Waals surface area contributed by atoms with Gasteiger partial charge in [0.15, 0.2) is 0 Å². The normalized spacial score (nSPS) is 19.9. The number of hydrogen-bond donors (Lipinski definition) is 1. The third-order valence-corrected chi connectivity index (χ3v) is 10.6. The highest BCUT2D eigenvalue weighted by Gasteiger charge is 2.32. The molecule has 1 N–H and O–H groups in total. The van der Waals surface area contributed by atoms with E-state index in [0.717, 1.165) is 68.7 Å². The van der Waals surface area contributed by atoms with Gasteiger partial charge in [0.1, 0.15) is 5.00 Å². The average molecular weight is 531 g/mol. The van der Waals surface area contributed by atoms with E-state index in [9.17, 15) is 18.0 Å². The second-order valence-corrected chi connectivity index (χ2v) is 13.3. The number of benzene rings is 1. The molecule has 2 amide bonds. The van der Waals surface area contributed by atoms with Gasteiger partial charge >= 0.3 is 0 Å². The molecule has 1 aromatic carbocycles. The minimum atomic E-state index is -3.57. The molecule has 0 unspecified atom stereocenters. The summed E-state index contributed by atoms with van der Waals surface area (Å²) < 4.78 is 27.6. The first-order chi connectivity index (χ1) is 17.2. The number of hydrogen-bond acceptors (Lipinski definition) is 6. The second kappa shape index (κ2) is 10.2. The Hall–Kier alpha value is -2.27. The number of amides is 2. The Kier molecular flexibility index (Phi) is 7.22. The average Bonchev–Trinajstić information content (AvgIpc) is 3.52. The van der Waals surface area contributed by atoms with Crippen LogP contribution < -0.4 is 5.32 Å². The first-order valence-electron chi connectivity index (χ1n) is 12.8. The maximum atomic E-state index is 13.4. The fourth-order valence-electron chi connectivity index (χ4n) is 5.25. The molecule has 3 aliphatic rings. The number of nitrogens with one attached hydrogen (secondary N) is 1. The van der Waals surface area contributed by atoms with Crippen LogP contribution in [0.15, 0.2) is 29.2 Å². The van der Waals surface area contributed by atoms with Crippen LogP contribution in [0.4, 0.5) is 5.00 Å². The van der Waals surface area contributed by atoms with Crippen molar-refractivity contribution in [2.75, 3.05) is 45.1 Å². The van der Waals surface area contributed by atoms with Crippen LogP contribution in [0.5, 0.6) is 0 Å². The molecule has 0 atom stereocenters. The van der Waals surface area contributed by atoms with Crippen molar-refractivity contribution in [2.24, 2.45) is 5.92 Å². The lowest BCUT2D eigenvalue weighted by atomic mass is 10.0. The number of rotatable bonds is 5. The van der Waals surface area contributed by atoms with Crippen LogP contribution in [0.1, 0.15) is 63.8 Å². The maximum Gasteiger partial charge on any atom is 0.257 e. The van der Waals surface area contributed by atoms with Crippen LogP contribution in [-0.2, 0) is 23.0 Å². The fraction of sp³-hybridized carbons (Fsp3) is 0.538. The summed E-state index contributed by atoms with van der Waals surface area (Å²) in [5.74, 6) is 0.198. The third-order valence-electron chi connectivity index (χ3n) is 7.58. The lowest BCUT2D eigenvalue weighted by Crippen LogP contribution is -2.37. The van der Waals surface area contributed by atoms with E-state index in [1.165, 1.54) is 27.8 Å². The number of thiophene rings is 1. The molecule has 0 radical (unpaired) electrons. The van der Waals surface area contributed by atoms with Crippen molar-refractivity contribution in [3.05, 3.63) is 45.8 Å². The number of nitrogens with zero attached hydrogens (tertiary/aromatic N) is 3. The molecule has 0 bridgehead atoms. The van der Waals surface area contributed by atoms with Gasteiger partial charge in [-0.05, 0) is 74.9 Å². The molecule has 0 spiro atoms. The highest BCUT2D eigenvalue weighted by molar-refractivity contribution is 7.89. The van der Waals surface area contributed by atoms with Gasteiger partial charge in [-0.3, -0.25) is 9.59 Å². The summed E-state index contributed by atoms with van der Waals surface area (Å²) >= 11 is 1.48. The smallest absolute Gasteiger partial charge is 0.257 e. The molecule has 194 valence electrons. The molecule has 10 heteroatoms. The van der Waals surface area contributed by atoms with Gasteiger partial charge in [-0.15, -0.1) is 11.3 Å². The molecule has 8 nitrogen and oxygen atoms in total. The molecule has 0 aliphatic carbocycles. The molecule has 0 saturated carbocycles. The number of carbonyl (C=O) groups excluding carboxylic acids is 2. The summed E-state index contributed by atoms with van der Waals surface area (Å²) in [5, 5.41) is 3.58. The largest absolute Gasteiger partial charge is 0.339 e. The van der Waals surface area contributed by atoms with Gasteiger partial charge in [0.05, 0.1) is 10.5 Å². The summed E-state index contributed by atoms with van der Waals surface area (Å²) in [7, 11) is -1.51. The molecule has 3 aliphatic heterocycles. The van der Waals surface area contributed by atoms with E-state index in [2.05, 4.69) is 24.2 Å². The topological polar surface area (TPSA) is 90.0 Å². The van der Waals surface area contributed by atoms with Gasteiger partial charge in [0.2, 0.25) is 10.0 Å². The number of likely N-dealkylation sites (tertiary alicyclic amines) is 1. The Bertz CT molecular complexity index is 1240. The van der Waals surface area contributed by atoms with Gasteiger partial charge < -0.3 is 15.1 Å². The van der Waals surface area contributed by atoms with Crippen molar-refractivity contribution < 1.29 is 18.0 Å². The van der Waals surface area contributed by atoms with E-state index in [4.69, 9.17) is 0 Å². The van der Waals surface area contributed by atoms with E-state index in [1.807, 2.05) is 4.90 Å². The highest BCUT2D eigenvalue weighted by atomic mass is 32.2. The van der Waals surface area contributed by atoms with E-state index in [0.29, 0.717) is 35.1 Å². The number of likely N-dealkylation sites (N-methyl/N-ethyl adjacent to an activating group) is 1. The second-order valence-electron chi connectivity index (χ2n) is 10.3. The van der Waals surface area contributed by atoms with E-state index in [1.54, 1.807) is 12.1 Å². The Labute approximate surface area is 217 Å². The zero-order valence-corrected chi connectivity index (χ0v) is 22.6. The number of piperidine rings is 1. The van der Waals surface area contributed by atoms with E-state index < -0.39 is 10.0 Å². The molecule has 36 heavy (non-hydrogen) atoms. The maximum absolute atomic E-state index is 13.4. The van der Waals surface area contributed by atoms with Crippen LogP contribution in [0.25, 0.3) is 0 Å². The Balaban J connectivity index is 1.36. The minimum Gasteiger partial charge on any atom is -0.339 e. The predicted molar refractivity (Wildman–Crippen MR) is 141 cm³/mol. The van der Waals surface area contributed by atoms with Gasteiger partial charge in [-0.2, -0.15) is 4.31 Å². The zero-order valence-electron chi connectivity index (χ0n) is 21.0. The summed E-state index contributed by atoms with van der Waals surface area (Å²) in [6, 6.07) is 6.12. The number of anilines is 1. The molecule has 2 aromatic rings. The third kappa shape index (κ3) is 4.96. The van der Waals surface area contributed by atoms with Gasteiger partial charge in [-0.1, -0.05) is 6.92 Å². The van der Waals surface area contributed by atoms with Crippen molar-refractivity contribution in [3.63, 3.8) is 0 Å². The summed E-state index contributed by atoms with van der Waals surface area (Å²) in [5.41, 5.74) is 2.06. The lowest BCUT2D eigenvalue weighted by Gasteiger charge is -2.29. The van der Waals surface area contributed by atoms with E-state index >= 15 is 0 Å². The Morgan fingerprint density at radius 2 is 1.67 bits per heavy atom. The Morgan fingerprint density at radius 3 is 2.33 bits per heavy atom. The summed E-state index contributed by atoms with van der Waals surface area (Å²) in [6.45, 7) is 6.34. The molecule has 4 heterocycles. The van der Waals surface area contributed by atoms with Crippen LogP contribution >= 0.6 is 11.3 Å². The van der Waals surface area contributed by atoms with Crippen LogP contribution in [0, 0.1) is 5.92 Å². The van der Waals surface area contributed by atoms with Gasteiger partial charge in [0.25, 0.3) is 11.8 Å². The highest BCUT2D eigenvalue weighted by Crippen LogP contribution is 2.38. The van der Waals surface area contributed by atoms with Crippen molar-refractivity contribution in [3.8, 4) is 0 Å². The monoisotopic (exact) mass is 530 g/mol. The summed E-state index contributed by atoms with van der Waals surface area (Å²) in [6.07, 6.45) is 4.52. The predicted octanol–water partition coefficient (Wildman–Crippen LogP) is 3.64. The van der Waals surface area contributed by atoms with Crippen molar-refractivity contribution in [1.82, 2.24) is 14.1 Å². The molecule has 5 rings (SSSR count). The first-order valence-corrected chi connectivity index (χ1v) is 15.0. The van der Waals surface area contributed by atoms with Crippen LogP contribution in [0.2, 0.25) is 0 Å². The van der Waals surface area contributed by atoms with Crippen molar-refractivity contribution >= 4 is 38.2 Å².